The number of rotatable bonds is 7. The first-order valence-electron chi connectivity index (χ1n) is 9.07. The van der Waals surface area contributed by atoms with Gasteiger partial charge in [-0.05, 0) is 69.9 Å². The van der Waals surface area contributed by atoms with Crippen LogP contribution in [-0.2, 0) is 13.1 Å². The van der Waals surface area contributed by atoms with Gasteiger partial charge in [0.2, 0.25) is 0 Å². The van der Waals surface area contributed by atoms with Crippen LogP contribution in [-0.4, -0.2) is 14.2 Å². The maximum atomic E-state index is 15.0. The predicted molar refractivity (Wildman–Crippen MR) is 115 cm³/mol. The SMILES string of the molecule is COc1ccc(CN(Cc2ccc(OC)cc2)c2c(F)c(C)cc(Br)c2F)cc1. The third-order valence-corrected chi connectivity index (χ3v) is 5.27. The summed E-state index contributed by atoms with van der Waals surface area (Å²) in [6.45, 7) is 2.29. The minimum Gasteiger partial charge on any atom is -0.497 e. The average molecular weight is 462 g/mol. The van der Waals surface area contributed by atoms with Crippen molar-refractivity contribution in [3.63, 3.8) is 0 Å². The third-order valence-electron chi connectivity index (χ3n) is 4.70. The van der Waals surface area contributed by atoms with E-state index in [1.54, 1.807) is 26.0 Å². The zero-order valence-corrected chi connectivity index (χ0v) is 18.1. The van der Waals surface area contributed by atoms with E-state index in [4.69, 9.17) is 9.47 Å². The van der Waals surface area contributed by atoms with Gasteiger partial charge in [0.1, 0.15) is 17.2 Å². The van der Waals surface area contributed by atoms with Crippen molar-refractivity contribution in [3.8, 4) is 11.5 Å². The van der Waals surface area contributed by atoms with E-state index in [-0.39, 0.29) is 10.2 Å². The lowest BCUT2D eigenvalue weighted by Gasteiger charge is -2.27. The van der Waals surface area contributed by atoms with Crippen molar-refractivity contribution < 1.29 is 18.3 Å². The molecule has 0 amide bonds. The quantitative estimate of drug-likeness (QED) is 0.387. The van der Waals surface area contributed by atoms with Gasteiger partial charge >= 0.3 is 0 Å². The van der Waals surface area contributed by atoms with E-state index in [1.807, 2.05) is 48.5 Å². The van der Waals surface area contributed by atoms with E-state index in [1.165, 1.54) is 6.07 Å². The van der Waals surface area contributed by atoms with Crippen molar-refractivity contribution in [2.24, 2.45) is 0 Å². The number of halogens is 3. The van der Waals surface area contributed by atoms with E-state index in [9.17, 15) is 8.78 Å². The van der Waals surface area contributed by atoms with Crippen LogP contribution >= 0.6 is 15.9 Å². The average Bonchev–Trinajstić information content (AvgIpc) is 2.73. The van der Waals surface area contributed by atoms with Crippen LogP contribution in [0, 0.1) is 18.6 Å². The second-order valence-corrected chi connectivity index (χ2v) is 7.56. The first-order valence-corrected chi connectivity index (χ1v) is 9.87. The molecule has 0 saturated heterocycles. The van der Waals surface area contributed by atoms with Gasteiger partial charge in [0, 0.05) is 13.1 Å². The van der Waals surface area contributed by atoms with Gasteiger partial charge in [0.05, 0.1) is 18.7 Å². The Morgan fingerprint density at radius 2 is 1.24 bits per heavy atom. The second-order valence-electron chi connectivity index (χ2n) is 6.70. The predicted octanol–water partition coefficient (Wildman–Crippen LogP) is 6.26. The minimum absolute atomic E-state index is 0.0523. The third kappa shape index (κ3) is 4.88. The fourth-order valence-electron chi connectivity index (χ4n) is 3.11. The molecular weight excluding hydrogens is 440 g/mol. The standard InChI is InChI=1S/C23H22BrF2NO2/c1-15-12-20(24)22(26)23(21(15)25)27(13-16-4-8-18(28-2)9-5-16)14-17-6-10-19(29-3)11-7-17/h4-12H,13-14H2,1-3H3. The van der Waals surface area contributed by atoms with Crippen LogP contribution < -0.4 is 14.4 Å². The lowest BCUT2D eigenvalue weighted by Crippen LogP contribution is -2.25. The van der Waals surface area contributed by atoms with Crippen molar-refractivity contribution in [1.82, 2.24) is 0 Å². The summed E-state index contributed by atoms with van der Waals surface area (Å²) in [7, 11) is 3.19. The van der Waals surface area contributed by atoms with Crippen molar-refractivity contribution in [3.05, 3.63) is 87.4 Å². The molecule has 0 saturated carbocycles. The molecule has 3 aromatic carbocycles. The Hall–Kier alpha value is -2.60. The van der Waals surface area contributed by atoms with Gasteiger partial charge in [0.25, 0.3) is 0 Å². The first kappa shape index (κ1) is 21.1. The topological polar surface area (TPSA) is 21.7 Å². The Bertz CT molecular complexity index is 900. The molecule has 0 aliphatic rings. The molecule has 152 valence electrons. The summed E-state index contributed by atoms with van der Waals surface area (Å²) in [6.07, 6.45) is 0. The molecule has 3 aromatic rings. The highest BCUT2D eigenvalue weighted by Gasteiger charge is 2.22. The Morgan fingerprint density at radius 3 is 1.66 bits per heavy atom. The smallest absolute Gasteiger partial charge is 0.163 e. The van der Waals surface area contributed by atoms with Gasteiger partial charge in [-0.3, -0.25) is 0 Å². The van der Waals surface area contributed by atoms with Crippen LogP contribution in [0.1, 0.15) is 16.7 Å². The molecule has 0 atom stereocenters. The molecule has 3 rings (SSSR count). The van der Waals surface area contributed by atoms with Crippen LogP contribution in [0.4, 0.5) is 14.5 Å². The highest BCUT2D eigenvalue weighted by atomic mass is 79.9. The van der Waals surface area contributed by atoms with E-state index < -0.39 is 11.6 Å². The molecule has 0 aliphatic carbocycles. The molecule has 0 unspecified atom stereocenters. The summed E-state index contributed by atoms with van der Waals surface area (Å²) < 4.78 is 40.6. The number of ether oxygens (including phenoxy) is 2. The van der Waals surface area contributed by atoms with E-state index in [2.05, 4.69) is 15.9 Å². The first-order chi connectivity index (χ1) is 13.9. The summed E-state index contributed by atoms with van der Waals surface area (Å²) in [5, 5.41) is 0. The maximum Gasteiger partial charge on any atom is 0.163 e. The molecule has 0 radical (unpaired) electrons. The zero-order chi connectivity index (χ0) is 21.0. The summed E-state index contributed by atoms with van der Waals surface area (Å²) in [5.41, 5.74) is 2.15. The highest BCUT2D eigenvalue weighted by Crippen LogP contribution is 2.34. The molecule has 6 heteroatoms. The molecule has 0 bridgehead atoms. The monoisotopic (exact) mass is 461 g/mol. The number of methoxy groups -OCH3 is 2. The van der Waals surface area contributed by atoms with Gasteiger partial charge in [-0.15, -0.1) is 0 Å². The number of aryl methyl sites for hydroxylation is 1. The second kappa shape index (κ2) is 9.27. The molecule has 0 fully saturated rings. The highest BCUT2D eigenvalue weighted by molar-refractivity contribution is 9.10. The molecule has 0 heterocycles. The Labute approximate surface area is 178 Å². The number of benzene rings is 3. The summed E-state index contributed by atoms with van der Waals surface area (Å²) in [5.74, 6) is 0.278. The Morgan fingerprint density at radius 1 is 0.793 bits per heavy atom. The lowest BCUT2D eigenvalue weighted by molar-refractivity contribution is 0.414. The van der Waals surface area contributed by atoms with Gasteiger partial charge in [0.15, 0.2) is 11.6 Å². The van der Waals surface area contributed by atoms with Crippen molar-refractivity contribution in [2.45, 2.75) is 20.0 Å². The molecular formula is C23H22BrF2NO2. The molecule has 0 spiro atoms. The number of anilines is 1. The lowest BCUT2D eigenvalue weighted by atomic mass is 10.1. The fourth-order valence-corrected chi connectivity index (χ4v) is 3.64. The maximum absolute atomic E-state index is 15.0. The van der Waals surface area contributed by atoms with E-state index >= 15 is 0 Å². The van der Waals surface area contributed by atoms with Crippen LogP contribution in [0.3, 0.4) is 0 Å². The Balaban J connectivity index is 2.00. The number of hydrogen-bond donors (Lipinski definition) is 0. The minimum atomic E-state index is -0.616. The van der Waals surface area contributed by atoms with E-state index in [0.29, 0.717) is 18.7 Å². The van der Waals surface area contributed by atoms with Crippen LogP contribution in [0.2, 0.25) is 0 Å². The number of hydrogen-bond acceptors (Lipinski definition) is 3. The van der Waals surface area contributed by atoms with Gasteiger partial charge in [-0.1, -0.05) is 24.3 Å². The van der Waals surface area contributed by atoms with Crippen LogP contribution in [0.25, 0.3) is 0 Å². The zero-order valence-electron chi connectivity index (χ0n) is 16.5. The van der Waals surface area contributed by atoms with Crippen molar-refractivity contribution in [1.29, 1.82) is 0 Å². The molecule has 3 nitrogen and oxygen atoms in total. The molecule has 0 N–H and O–H groups in total. The van der Waals surface area contributed by atoms with Gasteiger partial charge < -0.3 is 14.4 Å². The summed E-state index contributed by atoms with van der Waals surface area (Å²) >= 11 is 3.21. The van der Waals surface area contributed by atoms with Crippen molar-refractivity contribution in [2.75, 3.05) is 19.1 Å². The molecule has 29 heavy (non-hydrogen) atoms. The summed E-state index contributed by atoms with van der Waals surface area (Å²) in [4.78, 5) is 1.70. The van der Waals surface area contributed by atoms with Crippen LogP contribution in [0.15, 0.2) is 59.1 Å². The van der Waals surface area contributed by atoms with Gasteiger partial charge in [-0.25, -0.2) is 8.78 Å². The van der Waals surface area contributed by atoms with E-state index in [0.717, 1.165) is 22.6 Å². The molecule has 0 aliphatic heterocycles. The van der Waals surface area contributed by atoms with Gasteiger partial charge in [-0.2, -0.15) is 0 Å². The normalized spacial score (nSPS) is 10.7. The summed E-state index contributed by atoms with van der Waals surface area (Å²) in [6, 6.07) is 16.3. The molecule has 0 aromatic heterocycles. The van der Waals surface area contributed by atoms with Crippen LogP contribution in [0.5, 0.6) is 11.5 Å². The Kier molecular flexibility index (Phi) is 6.75. The largest absolute Gasteiger partial charge is 0.497 e. The fraction of sp³-hybridized carbons (Fsp3) is 0.217. The number of nitrogens with zero attached hydrogens (tertiary/aromatic N) is 1. The van der Waals surface area contributed by atoms with Crippen molar-refractivity contribution >= 4 is 21.6 Å².